The molecule has 0 saturated carbocycles. The molecule has 0 aromatic heterocycles. The van der Waals surface area contributed by atoms with Crippen LogP contribution in [0.4, 0.5) is 0 Å². The number of halogens is 3. The maximum absolute atomic E-state index is 7.00. The fourth-order valence-corrected chi connectivity index (χ4v) is 0. The van der Waals surface area contributed by atoms with Gasteiger partial charge in [-0.3, -0.25) is 0 Å². The van der Waals surface area contributed by atoms with Crippen LogP contribution in [0.1, 0.15) is 0 Å². The number of rotatable bonds is 0. The van der Waals surface area contributed by atoms with Crippen LogP contribution in [-0.2, 0) is 0 Å². The Morgan fingerprint density at radius 1 is 0.800 bits per heavy atom. The normalized spacial score (nSPS) is 1.20. The maximum atomic E-state index is 7.00. The predicted molar refractivity (Wildman–Crippen MR) is 39.1 cm³/mol. The van der Waals surface area contributed by atoms with Gasteiger partial charge < -0.3 is 5.11 Å². The van der Waals surface area contributed by atoms with E-state index >= 15 is 0 Å². The van der Waals surface area contributed by atoms with Gasteiger partial charge in [-0.05, 0) is 0 Å². The molecule has 0 aliphatic rings. The molecule has 0 rings (SSSR count). The van der Waals surface area contributed by atoms with Gasteiger partial charge in [0.1, 0.15) is 0 Å². The summed E-state index contributed by atoms with van der Waals surface area (Å²) in [5, 5.41) is 7.00. The van der Waals surface area contributed by atoms with E-state index in [0.717, 1.165) is 7.11 Å². The van der Waals surface area contributed by atoms with Gasteiger partial charge in [0.05, 0.1) is 0 Å². The molecular weight excluding hydrogens is 268 g/mol. The van der Waals surface area contributed by atoms with Crippen LogP contribution in [-0.4, -0.2) is 12.2 Å². The highest BCUT2D eigenvalue weighted by molar-refractivity contribution is 8.93. The van der Waals surface area contributed by atoms with Crippen LogP contribution in [0.3, 0.4) is 0 Å². The van der Waals surface area contributed by atoms with Gasteiger partial charge in [0.2, 0.25) is 0 Å². The number of hydrogen-bond acceptors (Lipinski definition) is 1. The summed E-state index contributed by atoms with van der Waals surface area (Å²) in [5.74, 6) is 0. The first-order valence-electron chi connectivity index (χ1n) is 0.447. The molecule has 0 heterocycles. The van der Waals surface area contributed by atoms with Crippen molar-refractivity contribution in [1.29, 1.82) is 0 Å². The lowest BCUT2D eigenvalue weighted by molar-refractivity contribution is 0.399. The van der Waals surface area contributed by atoms with Crippen molar-refractivity contribution in [3.8, 4) is 0 Å². The largest absolute Gasteiger partial charge is 0.400 e. The van der Waals surface area contributed by atoms with Crippen molar-refractivity contribution < 1.29 is 5.11 Å². The minimum absolute atomic E-state index is 0. The van der Waals surface area contributed by atoms with Crippen LogP contribution in [0.25, 0.3) is 0 Å². The van der Waals surface area contributed by atoms with Crippen LogP contribution in [0, 0.1) is 0 Å². The maximum Gasteiger partial charge on any atom is 0.0319 e. The molecule has 0 radical (unpaired) electrons. The van der Waals surface area contributed by atoms with Gasteiger partial charge in [0, 0.05) is 7.11 Å². The van der Waals surface area contributed by atoms with Gasteiger partial charge in [0.15, 0.2) is 0 Å². The van der Waals surface area contributed by atoms with E-state index in [1.54, 1.807) is 0 Å². The molecule has 0 unspecified atom stereocenters. The molecule has 0 aliphatic carbocycles. The molecule has 0 bridgehead atoms. The third-order valence-corrected chi connectivity index (χ3v) is 0. The van der Waals surface area contributed by atoms with Crippen LogP contribution < -0.4 is 0 Å². The minimum atomic E-state index is 0. The summed E-state index contributed by atoms with van der Waals surface area (Å²) in [4.78, 5) is 0. The second-order valence-electron chi connectivity index (χ2n) is 0. The molecule has 0 aromatic carbocycles. The molecular formula is CH7Br3O. The first-order chi connectivity index (χ1) is 1.00. The Morgan fingerprint density at radius 3 is 0.800 bits per heavy atom. The fraction of sp³-hybridized carbons (Fsp3) is 1.00. The summed E-state index contributed by atoms with van der Waals surface area (Å²) < 4.78 is 0. The van der Waals surface area contributed by atoms with Crippen molar-refractivity contribution in [3.63, 3.8) is 0 Å². The molecule has 4 heteroatoms. The highest BCUT2D eigenvalue weighted by Crippen LogP contribution is 0.848. The summed E-state index contributed by atoms with van der Waals surface area (Å²) >= 11 is 0. The SMILES string of the molecule is Br.Br.Br.CO. The lowest BCUT2D eigenvalue weighted by atomic mass is 11.8. The number of aliphatic hydroxyl groups is 1. The average Bonchev–Trinajstić information content (AvgIpc) is 1.00. The van der Waals surface area contributed by atoms with Crippen LogP contribution >= 0.6 is 50.9 Å². The van der Waals surface area contributed by atoms with E-state index in [0.29, 0.717) is 0 Å². The Morgan fingerprint density at radius 2 is 0.800 bits per heavy atom. The molecule has 0 aromatic rings. The first-order valence-corrected chi connectivity index (χ1v) is 0.447. The second-order valence-corrected chi connectivity index (χ2v) is 0. The van der Waals surface area contributed by atoms with Crippen LogP contribution in [0.15, 0.2) is 0 Å². The minimum Gasteiger partial charge on any atom is -0.400 e. The molecule has 0 saturated heterocycles. The molecule has 0 spiro atoms. The zero-order valence-electron chi connectivity index (χ0n) is 2.67. The monoisotopic (exact) mass is 272 g/mol. The van der Waals surface area contributed by atoms with Crippen molar-refractivity contribution in [3.05, 3.63) is 0 Å². The van der Waals surface area contributed by atoms with E-state index in [2.05, 4.69) is 0 Å². The van der Waals surface area contributed by atoms with E-state index < -0.39 is 0 Å². The van der Waals surface area contributed by atoms with Gasteiger partial charge in [-0.15, -0.1) is 50.9 Å². The van der Waals surface area contributed by atoms with Crippen molar-refractivity contribution in [2.45, 2.75) is 0 Å². The first kappa shape index (κ1) is 32.4. The third-order valence-electron chi connectivity index (χ3n) is 0. The molecule has 0 aliphatic heterocycles. The fourth-order valence-electron chi connectivity index (χ4n) is 0. The van der Waals surface area contributed by atoms with E-state index in [1.807, 2.05) is 0 Å². The summed E-state index contributed by atoms with van der Waals surface area (Å²) in [6.45, 7) is 0. The van der Waals surface area contributed by atoms with E-state index in [4.69, 9.17) is 5.11 Å². The van der Waals surface area contributed by atoms with Crippen LogP contribution in [0.2, 0.25) is 0 Å². The molecule has 5 heavy (non-hydrogen) atoms. The number of hydrogen-bond donors (Lipinski definition) is 1. The quantitative estimate of drug-likeness (QED) is 0.707. The highest BCUT2D eigenvalue weighted by Gasteiger charge is 0.839. The Kier molecular flexibility index (Phi) is 346. The average molecular weight is 275 g/mol. The molecule has 38 valence electrons. The Balaban J connectivity index is -0.00000000167. The topological polar surface area (TPSA) is 20.2 Å². The van der Waals surface area contributed by atoms with E-state index in [1.165, 1.54) is 0 Å². The van der Waals surface area contributed by atoms with Crippen molar-refractivity contribution in [1.82, 2.24) is 0 Å². The Labute approximate surface area is 63.1 Å². The van der Waals surface area contributed by atoms with Gasteiger partial charge >= 0.3 is 0 Å². The molecule has 0 fully saturated rings. The predicted octanol–water partition coefficient (Wildman–Crippen LogP) is 1.34. The van der Waals surface area contributed by atoms with E-state index in [9.17, 15) is 0 Å². The molecule has 1 N–H and O–H groups in total. The summed E-state index contributed by atoms with van der Waals surface area (Å²) in [6.07, 6.45) is 0. The van der Waals surface area contributed by atoms with Gasteiger partial charge in [0.25, 0.3) is 0 Å². The standard InChI is InChI=1S/CH4O.3BrH/c1-2;;;/h2H,1H3;3*1H. The Hall–Kier alpha value is 1.40. The van der Waals surface area contributed by atoms with Gasteiger partial charge in [-0.25, -0.2) is 0 Å². The summed E-state index contributed by atoms with van der Waals surface area (Å²) in [5.41, 5.74) is 0. The zero-order chi connectivity index (χ0) is 2.00. The summed E-state index contributed by atoms with van der Waals surface area (Å²) in [7, 11) is 1.00. The second kappa shape index (κ2) is 53.3. The van der Waals surface area contributed by atoms with Gasteiger partial charge in [-0.2, -0.15) is 0 Å². The van der Waals surface area contributed by atoms with Crippen molar-refractivity contribution >= 4 is 50.9 Å². The lowest BCUT2D eigenvalue weighted by Gasteiger charge is -1.21. The summed E-state index contributed by atoms with van der Waals surface area (Å²) in [6, 6.07) is 0. The van der Waals surface area contributed by atoms with Crippen molar-refractivity contribution in [2.75, 3.05) is 7.11 Å². The molecule has 0 amide bonds. The van der Waals surface area contributed by atoms with Crippen LogP contribution in [0.5, 0.6) is 0 Å². The smallest absolute Gasteiger partial charge is 0.0319 e. The lowest BCUT2D eigenvalue weighted by Crippen LogP contribution is -1.25. The van der Waals surface area contributed by atoms with E-state index in [-0.39, 0.29) is 50.9 Å². The highest BCUT2D eigenvalue weighted by atomic mass is 79.9. The zero-order valence-corrected chi connectivity index (χ0v) is 7.81. The molecule has 1 nitrogen and oxygen atoms in total. The number of aliphatic hydroxyl groups excluding tert-OH is 1. The Bertz CT molecular complexity index is 6.85. The van der Waals surface area contributed by atoms with Crippen molar-refractivity contribution in [2.24, 2.45) is 0 Å². The third kappa shape index (κ3) is 31.8. The molecule has 0 atom stereocenters. The van der Waals surface area contributed by atoms with Gasteiger partial charge in [-0.1, -0.05) is 0 Å².